The first-order chi connectivity index (χ1) is 14.4. The molecule has 160 valence electrons. The zero-order chi connectivity index (χ0) is 21.9. The molecule has 0 bridgehead atoms. The molecule has 1 atom stereocenters. The molecule has 1 heterocycles. The van der Waals surface area contributed by atoms with Gasteiger partial charge in [-0.2, -0.15) is 0 Å². The van der Waals surface area contributed by atoms with Crippen LogP contribution in [0, 0.1) is 0 Å². The number of methoxy groups -OCH3 is 1. The third kappa shape index (κ3) is 7.10. The quantitative estimate of drug-likeness (QED) is 0.249. The van der Waals surface area contributed by atoms with Crippen LogP contribution < -0.4 is 20.7 Å². The first-order valence-electron chi connectivity index (χ1n) is 9.28. The van der Waals surface area contributed by atoms with Crippen molar-refractivity contribution >= 4 is 23.9 Å². The molecule has 0 saturated carbocycles. The van der Waals surface area contributed by atoms with E-state index in [9.17, 15) is 9.59 Å². The van der Waals surface area contributed by atoms with E-state index in [0.717, 1.165) is 17.0 Å². The molecule has 1 amide bonds. The maximum absolute atomic E-state index is 11.6. The van der Waals surface area contributed by atoms with Crippen LogP contribution in [0.2, 0.25) is 0 Å². The Labute approximate surface area is 175 Å². The number of fused-ring (bicyclic) bond motifs is 1. The van der Waals surface area contributed by atoms with Crippen molar-refractivity contribution in [1.29, 1.82) is 0 Å². The molecule has 1 unspecified atom stereocenters. The Hall–Kier alpha value is -3.59. The van der Waals surface area contributed by atoms with E-state index in [1.807, 2.05) is 18.2 Å². The van der Waals surface area contributed by atoms with Crippen LogP contribution in [0.5, 0.6) is 5.75 Å². The standard InChI is InChI=1S/C21H26N4O5/c1-4-15(25-19(26)12-20(27)28)6-5-14(2)24-21-17-8-7-16(30-10-9-29-3)11-18(17)22-13-23-21/h4-8,11,13,21,24H,2,9-10,12H2,1,3H3,(H,22,23)(H,25,26)(H,27,28)/b6-5-,15-4+. The Kier molecular flexibility index (Phi) is 8.64. The summed E-state index contributed by atoms with van der Waals surface area (Å²) in [7, 11) is 1.62. The summed E-state index contributed by atoms with van der Waals surface area (Å²) < 4.78 is 10.6. The van der Waals surface area contributed by atoms with Gasteiger partial charge in [0.05, 0.1) is 18.6 Å². The van der Waals surface area contributed by atoms with E-state index in [1.165, 1.54) is 0 Å². The highest BCUT2D eigenvalue weighted by Crippen LogP contribution is 2.31. The number of hydrogen-bond acceptors (Lipinski definition) is 7. The van der Waals surface area contributed by atoms with Gasteiger partial charge in [0.15, 0.2) is 0 Å². The van der Waals surface area contributed by atoms with Crippen molar-refractivity contribution in [1.82, 2.24) is 10.6 Å². The van der Waals surface area contributed by atoms with E-state index in [4.69, 9.17) is 14.6 Å². The van der Waals surface area contributed by atoms with Gasteiger partial charge in [-0.3, -0.25) is 9.59 Å². The predicted octanol–water partition coefficient (Wildman–Crippen LogP) is 2.32. The smallest absolute Gasteiger partial charge is 0.312 e. The number of benzene rings is 1. The fourth-order valence-corrected chi connectivity index (χ4v) is 2.57. The van der Waals surface area contributed by atoms with Gasteiger partial charge in [0, 0.05) is 30.1 Å². The van der Waals surface area contributed by atoms with E-state index in [0.29, 0.717) is 24.6 Å². The molecular weight excluding hydrogens is 388 g/mol. The highest BCUT2D eigenvalue weighted by Gasteiger charge is 2.18. The monoisotopic (exact) mass is 414 g/mol. The second-order valence-electron chi connectivity index (χ2n) is 6.28. The van der Waals surface area contributed by atoms with Gasteiger partial charge < -0.3 is 30.5 Å². The van der Waals surface area contributed by atoms with Crippen molar-refractivity contribution in [2.75, 3.05) is 25.6 Å². The maximum atomic E-state index is 11.6. The van der Waals surface area contributed by atoms with Crippen LogP contribution in [0.1, 0.15) is 25.1 Å². The number of anilines is 1. The van der Waals surface area contributed by atoms with Crippen molar-refractivity contribution in [3.8, 4) is 5.75 Å². The number of carbonyl (C=O) groups is 2. The predicted molar refractivity (Wildman–Crippen MR) is 114 cm³/mol. The molecule has 1 aliphatic rings. The summed E-state index contributed by atoms with van der Waals surface area (Å²) >= 11 is 0. The summed E-state index contributed by atoms with van der Waals surface area (Å²) in [6, 6.07) is 5.67. The third-order valence-corrected chi connectivity index (χ3v) is 4.01. The first-order valence-corrected chi connectivity index (χ1v) is 9.28. The number of ether oxygens (including phenoxy) is 2. The lowest BCUT2D eigenvalue weighted by atomic mass is 10.1. The number of carboxylic acid groups (broad SMARTS) is 1. The van der Waals surface area contributed by atoms with Gasteiger partial charge in [0.2, 0.25) is 5.91 Å². The largest absolute Gasteiger partial charge is 0.491 e. The molecule has 1 aromatic carbocycles. The molecular formula is C21H26N4O5. The van der Waals surface area contributed by atoms with E-state index in [2.05, 4.69) is 27.5 Å². The lowest BCUT2D eigenvalue weighted by Gasteiger charge is -2.23. The Balaban J connectivity index is 1.97. The van der Waals surface area contributed by atoms with Crippen LogP contribution in [-0.4, -0.2) is 43.6 Å². The minimum atomic E-state index is -1.19. The molecule has 0 aromatic heterocycles. The molecule has 2 rings (SSSR count). The fourth-order valence-electron chi connectivity index (χ4n) is 2.57. The number of hydrogen-bond donors (Lipinski definition) is 4. The second kappa shape index (κ2) is 11.4. The average Bonchev–Trinajstić information content (AvgIpc) is 2.70. The molecule has 1 aliphatic heterocycles. The molecule has 9 heteroatoms. The number of nitrogens with zero attached hydrogens (tertiary/aromatic N) is 1. The van der Waals surface area contributed by atoms with Crippen molar-refractivity contribution < 1.29 is 24.2 Å². The highest BCUT2D eigenvalue weighted by molar-refractivity contribution is 5.94. The zero-order valence-corrected chi connectivity index (χ0v) is 17.0. The Morgan fingerprint density at radius 3 is 2.83 bits per heavy atom. The normalized spacial score (nSPS) is 15.3. The van der Waals surface area contributed by atoms with E-state index >= 15 is 0 Å². The summed E-state index contributed by atoms with van der Waals surface area (Å²) in [6.45, 7) is 6.66. The van der Waals surface area contributed by atoms with Gasteiger partial charge in [-0.05, 0) is 31.2 Å². The molecule has 0 fully saturated rings. The van der Waals surface area contributed by atoms with Gasteiger partial charge in [-0.25, -0.2) is 4.99 Å². The zero-order valence-electron chi connectivity index (χ0n) is 17.0. The van der Waals surface area contributed by atoms with E-state index in [1.54, 1.807) is 38.6 Å². The number of carbonyl (C=O) groups excluding carboxylic acids is 1. The van der Waals surface area contributed by atoms with Gasteiger partial charge in [-0.1, -0.05) is 12.7 Å². The van der Waals surface area contributed by atoms with Gasteiger partial charge in [-0.15, -0.1) is 0 Å². The Morgan fingerprint density at radius 1 is 1.33 bits per heavy atom. The van der Waals surface area contributed by atoms with Crippen molar-refractivity contribution in [3.63, 3.8) is 0 Å². The van der Waals surface area contributed by atoms with E-state index in [-0.39, 0.29) is 6.17 Å². The Bertz CT molecular complexity index is 876. The number of amides is 1. The summed E-state index contributed by atoms with van der Waals surface area (Å²) in [6.07, 6.45) is 5.62. The topological polar surface area (TPSA) is 121 Å². The van der Waals surface area contributed by atoms with Gasteiger partial charge in [0.1, 0.15) is 24.9 Å². The van der Waals surface area contributed by atoms with Crippen molar-refractivity contribution in [2.45, 2.75) is 19.5 Å². The number of allylic oxidation sites excluding steroid dienone is 3. The van der Waals surface area contributed by atoms with Crippen LogP contribution in [0.15, 0.2) is 59.4 Å². The third-order valence-electron chi connectivity index (χ3n) is 4.01. The number of rotatable bonds is 11. The molecule has 30 heavy (non-hydrogen) atoms. The molecule has 0 aliphatic carbocycles. The summed E-state index contributed by atoms with van der Waals surface area (Å²) in [5.41, 5.74) is 2.82. The minimum Gasteiger partial charge on any atom is -0.491 e. The number of nitrogens with one attached hydrogen (secondary N) is 3. The van der Waals surface area contributed by atoms with Crippen LogP contribution in [-0.2, 0) is 14.3 Å². The summed E-state index contributed by atoms with van der Waals surface area (Å²) in [4.78, 5) is 26.6. The minimum absolute atomic E-state index is 0.345. The lowest BCUT2D eigenvalue weighted by molar-refractivity contribution is -0.140. The molecule has 0 radical (unpaired) electrons. The number of aliphatic carboxylic acids is 1. The van der Waals surface area contributed by atoms with Crippen LogP contribution in [0.4, 0.5) is 5.69 Å². The molecule has 9 nitrogen and oxygen atoms in total. The lowest BCUT2D eigenvalue weighted by Crippen LogP contribution is -2.25. The van der Waals surface area contributed by atoms with Crippen molar-refractivity contribution in [2.24, 2.45) is 4.99 Å². The number of aliphatic imine (C=N–C) groups is 1. The molecule has 1 aromatic rings. The second-order valence-corrected chi connectivity index (χ2v) is 6.28. The van der Waals surface area contributed by atoms with Gasteiger partial charge >= 0.3 is 5.97 Å². The SMILES string of the molecule is C=C(/C=C\C(=C/C)NC(=O)CC(=O)O)NC1N=CNc2cc(OCCOC)ccc21. The van der Waals surface area contributed by atoms with E-state index < -0.39 is 18.3 Å². The summed E-state index contributed by atoms with van der Waals surface area (Å²) in [5, 5.41) is 17.5. The Morgan fingerprint density at radius 2 is 2.13 bits per heavy atom. The number of carboxylic acids is 1. The van der Waals surface area contributed by atoms with Gasteiger partial charge in [0.25, 0.3) is 0 Å². The van der Waals surface area contributed by atoms with Crippen LogP contribution in [0.3, 0.4) is 0 Å². The van der Waals surface area contributed by atoms with Crippen LogP contribution >= 0.6 is 0 Å². The molecule has 0 saturated heterocycles. The van der Waals surface area contributed by atoms with Crippen molar-refractivity contribution in [3.05, 3.63) is 60.0 Å². The molecule has 4 N–H and O–H groups in total. The van der Waals surface area contributed by atoms with Crippen LogP contribution in [0.25, 0.3) is 0 Å². The maximum Gasteiger partial charge on any atom is 0.312 e. The average molecular weight is 414 g/mol. The fraction of sp³-hybridized carbons (Fsp3) is 0.286. The summed E-state index contributed by atoms with van der Waals surface area (Å²) in [5.74, 6) is -1.06. The highest BCUT2D eigenvalue weighted by atomic mass is 16.5. The first kappa shape index (κ1) is 22.7. The molecule has 0 spiro atoms.